The van der Waals surface area contributed by atoms with Crippen LogP contribution in [0.4, 0.5) is 5.82 Å². The van der Waals surface area contributed by atoms with Crippen LogP contribution in [0.3, 0.4) is 0 Å². The molecule has 0 saturated heterocycles. The first-order valence-corrected chi connectivity index (χ1v) is 6.87. The maximum Gasteiger partial charge on any atom is 0.212 e. The van der Waals surface area contributed by atoms with Gasteiger partial charge in [0.25, 0.3) is 0 Å². The molecule has 6 heteroatoms. The summed E-state index contributed by atoms with van der Waals surface area (Å²) in [5, 5.41) is 11.9. The summed E-state index contributed by atoms with van der Waals surface area (Å²) in [7, 11) is 0. The fourth-order valence-corrected chi connectivity index (χ4v) is 2.17. The minimum Gasteiger partial charge on any atom is -0.396 e. The molecule has 2 aromatic heterocycles. The van der Waals surface area contributed by atoms with Gasteiger partial charge in [0.2, 0.25) is 6.41 Å². The van der Waals surface area contributed by atoms with E-state index < -0.39 is 0 Å². The first kappa shape index (κ1) is 15.3. The molecule has 0 bridgehead atoms. The molecule has 0 radical (unpaired) electrons. The Balaban J connectivity index is 0.000000173. The molecule has 0 aliphatic heterocycles. The van der Waals surface area contributed by atoms with E-state index in [2.05, 4.69) is 15.3 Å². The van der Waals surface area contributed by atoms with E-state index in [-0.39, 0.29) is 12.1 Å². The van der Waals surface area contributed by atoms with E-state index in [1.807, 2.05) is 13.0 Å². The average Bonchev–Trinajstić information content (AvgIpc) is 3.07. The number of hydrogen-bond acceptors (Lipinski definition) is 5. The van der Waals surface area contributed by atoms with Crippen molar-refractivity contribution in [3.8, 4) is 0 Å². The smallest absolute Gasteiger partial charge is 0.212 e. The topological polar surface area (TPSA) is 101 Å². The maximum absolute atomic E-state index is 10.1. The molecule has 1 fully saturated rings. The van der Waals surface area contributed by atoms with Crippen molar-refractivity contribution in [3.63, 3.8) is 0 Å². The van der Waals surface area contributed by atoms with Crippen molar-refractivity contribution in [2.75, 3.05) is 11.9 Å². The second-order valence-corrected chi connectivity index (χ2v) is 5.45. The Morgan fingerprint density at radius 1 is 1.52 bits per heavy atom. The molecule has 1 saturated carbocycles. The number of carbonyl (C=O) groups excluding carboxylic acids is 1. The summed E-state index contributed by atoms with van der Waals surface area (Å²) in [5.74, 6) is 1.14. The van der Waals surface area contributed by atoms with E-state index in [1.165, 1.54) is 0 Å². The van der Waals surface area contributed by atoms with Crippen molar-refractivity contribution in [1.82, 2.24) is 9.97 Å². The number of nitrogens with zero attached hydrogens (tertiary/aromatic N) is 2. The molecule has 2 aromatic rings. The zero-order valence-electron chi connectivity index (χ0n) is 12.0. The third-order valence-electron chi connectivity index (χ3n) is 3.63. The lowest BCUT2D eigenvalue weighted by atomic mass is 10.2. The van der Waals surface area contributed by atoms with Crippen LogP contribution in [0.25, 0.3) is 10.9 Å². The zero-order chi connectivity index (χ0) is 15.3. The first-order chi connectivity index (χ1) is 10.1. The molecule has 2 heterocycles. The molecular weight excluding hydrogens is 268 g/mol. The van der Waals surface area contributed by atoms with E-state index in [0.717, 1.165) is 23.7 Å². The van der Waals surface area contributed by atoms with E-state index in [0.29, 0.717) is 18.1 Å². The van der Waals surface area contributed by atoms with Gasteiger partial charge in [-0.05, 0) is 43.9 Å². The Kier molecular flexibility index (Phi) is 4.82. The van der Waals surface area contributed by atoms with Gasteiger partial charge in [-0.2, -0.15) is 0 Å². The lowest BCUT2D eigenvalue weighted by Crippen LogP contribution is -2.19. The van der Waals surface area contributed by atoms with Crippen molar-refractivity contribution in [2.45, 2.75) is 25.3 Å². The number of pyridine rings is 2. The molecule has 1 amide bonds. The highest BCUT2D eigenvalue weighted by atomic mass is 16.3. The normalized spacial score (nSPS) is 23.1. The Bertz CT molecular complexity index is 615. The van der Waals surface area contributed by atoms with E-state index >= 15 is 0 Å². The molecule has 1 aliphatic rings. The second-order valence-electron chi connectivity index (χ2n) is 5.45. The number of aromatic nitrogens is 2. The number of aliphatic hydroxyl groups is 1. The summed E-state index contributed by atoms with van der Waals surface area (Å²) in [5.41, 5.74) is 6.56. The minimum atomic E-state index is 0.0583. The van der Waals surface area contributed by atoms with Gasteiger partial charge in [0.1, 0.15) is 5.82 Å². The van der Waals surface area contributed by atoms with Gasteiger partial charge >= 0.3 is 0 Å². The number of nitrogens with one attached hydrogen (secondary N) is 1. The largest absolute Gasteiger partial charge is 0.396 e. The predicted octanol–water partition coefficient (Wildman–Crippen LogP) is 1.30. The fourth-order valence-electron chi connectivity index (χ4n) is 2.17. The quantitative estimate of drug-likeness (QED) is 0.736. The molecule has 6 nitrogen and oxygen atoms in total. The number of rotatable bonds is 4. The third-order valence-corrected chi connectivity index (χ3v) is 3.63. The minimum absolute atomic E-state index is 0.0583. The van der Waals surface area contributed by atoms with Gasteiger partial charge in [-0.3, -0.25) is 9.78 Å². The van der Waals surface area contributed by atoms with Gasteiger partial charge < -0.3 is 16.2 Å². The highest BCUT2D eigenvalue weighted by Gasteiger charge is 2.45. The first-order valence-electron chi connectivity index (χ1n) is 6.87. The van der Waals surface area contributed by atoms with Crippen LogP contribution >= 0.6 is 0 Å². The number of fused-ring (bicyclic) bond motifs is 1. The van der Waals surface area contributed by atoms with Gasteiger partial charge in [-0.1, -0.05) is 0 Å². The van der Waals surface area contributed by atoms with Crippen LogP contribution in [-0.2, 0) is 4.79 Å². The summed E-state index contributed by atoms with van der Waals surface area (Å²) < 4.78 is 0. The Hall–Kier alpha value is -2.05. The third kappa shape index (κ3) is 4.21. The maximum atomic E-state index is 10.1. The Morgan fingerprint density at radius 2 is 2.29 bits per heavy atom. The van der Waals surface area contributed by atoms with Crippen molar-refractivity contribution in [2.24, 2.45) is 11.7 Å². The number of carbonyl (C=O) groups is 1. The molecule has 2 atom stereocenters. The predicted molar refractivity (Wildman–Crippen MR) is 81.6 cm³/mol. The summed E-state index contributed by atoms with van der Waals surface area (Å²) in [4.78, 5) is 18.3. The van der Waals surface area contributed by atoms with Crippen LogP contribution in [0.5, 0.6) is 0 Å². The number of nitrogens with two attached hydrogens (primary N) is 1. The van der Waals surface area contributed by atoms with Crippen LogP contribution in [0.2, 0.25) is 0 Å². The number of hydrogen-bond donors (Lipinski definition) is 3. The molecule has 0 aromatic carbocycles. The molecular formula is C15H20N4O2. The van der Waals surface area contributed by atoms with Gasteiger partial charge in [-0.15, -0.1) is 0 Å². The number of aliphatic hydroxyl groups excluding tert-OH is 1. The van der Waals surface area contributed by atoms with Crippen molar-refractivity contribution in [1.29, 1.82) is 0 Å². The molecule has 1 aliphatic carbocycles. The van der Waals surface area contributed by atoms with Crippen molar-refractivity contribution < 1.29 is 9.90 Å². The van der Waals surface area contributed by atoms with E-state index in [1.54, 1.807) is 24.5 Å². The summed E-state index contributed by atoms with van der Waals surface area (Å²) in [6.45, 7) is 2.32. The Labute approximate surface area is 123 Å². The summed E-state index contributed by atoms with van der Waals surface area (Å²) >= 11 is 0. The zero-order valence-corrected chi connectivity index (χ0v) is 12.0. The van der Waals surface area contributed by atoms with Crippen LogP contribution in [0.1, 0.15) is 19.8 Å². The van der Waals surface area contributed by atoms with E-state index in [9.17, 15) is 4.79 Å². The van der Waals surface area contributed by atoms with Crippen molar-refractivity contribution in [3.05, 3.63) is 30.6 Å². The molecule has 0 spiro atoms. The second kappa shape index (κ2) is 6.60. The monoisotopic (exact) mass is 288 g/mol. The molecule has 3 rings (SSSR count). The fraction of sp³-hybridized carbons (Fsp3) is 0.400. The SMILES string of the molecule is CC1(N)CC1CCO.O=CNc1ccc2cnccc2n1. The summed E-state index contributed by atoms with van der Waals surface area (Å²) in [6.07, 6.45) is 5.98. The average molecular weight is 288 g/mol. The lowest BCUT2D eigenvalue weighted by Gasteiger charge is -1.99. The van der Waals surface area contributed by atoms with Gasteiger partial charge in [-0.25, -0.2) is 4.98 Å². The van der Waals surface area contributed by atoms with Crippen LogP contribution in [-0.4, -0.2) is 33.6 Å². The number of amides is 1. The van der Waals surface area contributed by atoms with Gasteiger partial charge in [0, 0.05) is 29.9 Å². The standard InChI is InChI=1S/C9H7N3O.C6H13NO/c13-6-11-9-2-1-7-5-10-4-3-8(7)12-9;1-6(7)4-5(6)2-3-8/h1-6H,(H,11,12,13);5,8H,2-4,7H2,1H3. The van der Waals surface area contributed by atoms with Gasteiger partial charge in [0.15, 0.2) is 0 Å². The Morgan fingerprint density at radius 3 is 2.86 bits per heavy atom. The van der Waals surface area contributed by atoms with Crippen LogP contribution < -0.4 is 11.1 Å². The molecule has 4 N–H and O–H groups in total. The molecule has 21 heavy (non-hydrogen) atoms. The highest BCUT2D eigenvalue weighted by Crippen LogP contribution is 2.42. The number of anilines is 1. The highest BCUT2D eigenvalue weighted by molar-refractivity contribution is 5.81. The summed E-state index contributed by atoms with van der Waals surface area (Å²) in [6, 6.07) is 5.39. The molecule has 112 valence electrons. The van der Waals surface area contributed by atoms with Gasteiger partial charge in [0.05, 0.1) is 5.52 Å². The van der Waals surface area contributed by atoms with Crippen molar-refractivity contribution >= 4 is 23.1 Å². The molecule has 2 unspecified atom stereocenters. The lowest BCUT2D eigenvalue weighted by molar-refractivity contribution is -0.105. The van der Waals surface area contributed by atoms with E-state index in [4.69, 9.17) is 10.8 Å². The van der Waals surface area contributed by atoms with Crippen LogP contribution in [0.15, 0.2) is 30.6 Å². The van der Waals surface area contributed by atoms with Crippen LogP contribution in [0, 0.1) is 5.92 Å².